The maximum atomic E-state index is 15.5. The van der Waals surface area contributed by atoms with Crippen molar-refractivity contribution >= 4 is 49.2 Å². The third-order valence-electron chi connectivity index (χ3n) is 6.45. The number of nitrogens with zero attached hydrogens (tertiary/aromatic N) is 4. The highest BCUT2D eigenvalue weighted by Crippen LogP contribution is 2.40. The summed E-state index contributed by atoms with van der Waals surface area (Å²) in [5.74, 6) is -2.24. The zero-order valence-corrected chi connectivity index (χ0v) is 21.2. The second kappa shape index (κ2) is 10.0. The second-order valence-electron chi connectivity index (χ2n) is 8.76. The molecule has 0 atom stereocenters. The molecule has 0 aliphatic carbocycles. The Morgan fingerprint density at radius 2 is 1.89 bits per heavy atom. The van der Waals surface area contributed by atoms with Crippen molar-refractivity contribution in [2.45, 2.75) is 13.0 Å². The van der Waals surface area contributed by atoms with Crippen LogP contribution in [0, 0.1) is 5.82 Å². The minimum atomic E-state index is -3.30. The minimum Gasteiger partial charge on any atom is -0.497 e. The molecule has 1 saturated heterocycles. The molecule has 4 aromatic rings. The molecule has 0 saturated carbocycles. The molecule has 3 heterocycles. The predicted octanol–water partition coefficient (Wildman–Crippen LogP) is 4.31. The van der Waals surface area contributed by atoms with Crippen LogP contribution in [0.4, 0.5) is 24.0 Å². The van der Waals surface area contributed by atoms with Gasteiger partial charge in [0.05, 0.1) is 28.2 Å². The Bertz CT molecular complexity index is 1610. The number of carboxylic acid groups (broad SMARTS) is 1. The number of anilines is 2. The Balaban J connectivity index is 1.53. The molecular formula is C25H23F3N4O5S. The first-order chi connectivity index (χ1) is 18.2. The standard InChI is InChI=1S/C25H23F3N4O5S/c1-30-12-15(23(34)35)21(33)14-11-16(26)20(22(19(14)30)37-24(27)28)31-6-3-7-32(9-8-31)25-29-17-5-4-13(36-2)10-18(17)38-25/h4-5,10-12,24H,3,6-9H2,1-2H3,(H,34,35). The number of aromatic nitrogens is 2. The molecule has 2 aromatic carbocycles. The molecule has 1 fully saturated rings. The molecule has 0 unspecified atom stereocenters. The first-order valence-corrected chi connectivity index (χ1v) is 12.5. The van der Waals surface area contributed by atoms with E-state index in [1.54, 1.807) is 12.0 Å². The van der Waals surface area contributed by atoms with Crippen LogP contribution in [0.1, 0.15) is 16.8 Å². The normalized spacial score (nSPS) is 14.4. The molecule has 13 heteroatoms. The number of aromatic carboxylic acids is 1. The van der Waals surface area contributed by atoms with Crippen LogP contribution in [0.15, 0.2) is 35.3 Å². The molecule has 1 N–H and O–H groups in total. The van der Waals surface area contributed by atoms with E-state index < -0.39 is 35.1 Å². The number of alkyl halides is 2. The quantitative estimate of drug-likeness (QED) is 0.381. The number of thiazole rings is 1. The average Bonchev–Trinajstić information content (AvgIpc) is 3.14. The molecule has 200 valence electrons. The molecule has 38 heavy (non-hydrogen) atoms. The topological polar surface area (TPSA) is 97.1 Å². The van der Waals surface area contributed by atoms with Crippen molar-refractivity contribution in [3.63, 3.8) is 0 Å². The largest absolute Gasteiger partial charge is 0.497 e. The summed E-state index contributed by atoms with van der Waals surface area (Å²) in [6, 6.07) is 6.49. The highest BCUT2D eigenvalue weighted by molar-refractivity contribution is 7.22. The van der Waals surface area contributed by atoms with Crippen molar-refractivity contribution in [1.82, 2.24) is 9.55 Å². The monoisotopic (exact) mass is 548 g/mol. The van der Waals surface area contributed by atoms with Crippen molar-refractivity contribution < 1.29 is 32.5 Å². The first-order valence-electron chi connectivity index (χ1n) is 11.7. The van der Waals surface area contributed by atoms with Gasteiger partial charge in [0.1, 0.15) is 17.0 Å². The predicted molar refractivity (Wildman–Crippen MR) is 138 cm³/mol. The van der Waals surface area contributed by atoms with Crippen molar-refractivity contribution in [1.29, 1.82) is 0 Å². The van der Waals surface area contributed by atoms with Crippen LogP contribution in [0.2, 0.25) is 0 Å². The third-order valence-corrected chi connectivity index (χ3v) is 7.53. The van der Waals surface area contributed by atoms with Crippen LogP contribution in [0.25, 0.3) is 21.1 Å². The fourth-order valence-corrected chi connectivity index (χ4v) is 5.77. The van der Waals surface area contributed by atoms with Crippen molar-refractivity contribution in [2.75, 3.05) is 43.1 Å². The van der Waals surface area contributed by atoms with E-state index in [2.05, 4.69) is 4.90 Å². The summed E-state index contributed by atoms with van der Waals surface area (Å²) in [4.78, 5) is 32.6. The molecule has 0 bridgehead atoms. The fraction of sp³-hybridized carbons (Fsp3) is 0.320. The zero-order valence-electron chi connectivity index (χ0n) is 20.4. The van der Waals surface area contributed by atoms with Gasteiger partial charge in [-0.1, -0.05) is 11.3 Å². The summed E-state index contributed by atoms with van der Waals surface area (Å²) >= 11 is 1.50. The van der Waals surface area contributed by atoms with Crippen LogP contribution < -0.4 is 24.7 Å². The van der Waals surface area contributed by atoms with Crippen LogP contribution in [0.5, 0.6) is 11.5 Å². The van der Waals surface area contributed by atoms with Gasteiger partial charge in [-0.25, -0.2) is 14.2 Å². The Kier molecular flexibility index (Phi) is 6.78. The molecule has 0 radical (unpaired) electrons. The number of hydrogen-bond donors (Lipinski definition) is 1. The molecule has 9 nitrogen and oxygen atoms in total. The number of ether oxygens (including phenoxy) is 2. The summed E-state index contributed by atoms with van der Waals surface area (Å²) in [5, 5.41) is 9.76. The molecular weight excluding hydrogens is 525 g/mol. The number of carboxylic acids is 1. The number of pyridine rings is 1. The number of benzene rings is 2. The summed E-state index contributed by atoms with van der Waals surface area (Å²) in [6.45, 7) is -1.66. The Labute approximate surface area is 218 Å². The van der Waals surface area contributed by atoms with Crippen LogP contribution >= 0.6 is 11.3 Å². The van der Waals surface area contributed by atoms with Crippen LogP contribution in [-0.4, -0.2) is 60.5 Å². The van der Waals surface area contributed by atoms with Gasteiger partial charge in [0, 0.05) is 39.4 Å². The van der Waals surface area contributed by atoms with E-state index in [0.717, 1.165) is 33.4 Å². The zero-order chi connectivity index (χ0) is 27.1. The lowest BCUT2D eigenvalue weighted by Crippen LogP contribution is -2.32. The number of rotatable bonds is 6. The second-order valence-corrected chi connectivity index (χ2v) is 9.77. The number of fused-ring (bicyclic) bond motifs is 2. The minimum absolute atomic E-state index is 0.113. The lowest BCUT2D eigenvalue weighted by Gasteiger charge is -2.27. The molecule has 2 aromatic heterocycles. The van der Waals surface area contributed by atoms with E-state index in [4.69, 9.17) is 14.5 Å². The van der Waals surface area contributed by atoms with Crippen molar-refractivity contribution in [2.24, 2.45) is 7.05 Å². The van der Waals surface area contributed by atoms with E-state index in [1.807, 2.05) is 18.2 Å². The van der Waals surface area contributed by atoms with Crippen molar-refractivity contribution in [3.05, 3.63) is 52.1 Å². The Morgan fingerprint density at radius 1 is 1.16 bits per heavy atom. The van der Waals surface area contributed by atoms with Gasteiger partial charge < -0.3 is 28.9 Å². The van der Waals surface area contributed by atoms with Gasteiger partial charge >= 0.3 is 12.6 Å². The Hall–Kier alpha value is -4.00. The van der Waals surface area contributed by atoms with E-state index in [-0.39, 0.29) is 23.1 Å². The fourth-order valence-electron chi connectivity index (χ4n) is 4.73. The molecule has 1 aliphatic rings. The van der Waals surface area contributed by atoms with Gasteiger partial charge in [-0.2, -0.15) is 8.78 Å². The SMILES string of the molecule is COc1ccc2nc(N3CCCN(c4c(F)cc5c(=O)c(C(=O)O)cn(C)c5c4OC(F)F)CC3)sc2c1. The van der Waals surface area contributed by atoms with Gasteiger partial charge in [0.15, 0.2) is 16.7 Å². The highest BCUT2D eigenvalue weighted by atomic mass is 32.1. The molecule has 0 amide bonds. The van der Waals surface area contributed by atoms with E-state index in [0.29, 0.717) is 26.1 Å². The molecule has 0 spiro atoms. The maximum absolute atomic E-state index is 15.5. The summed E-state index contributed by atoms with van der Waals surface area (Å²) in [7, 11) is 2.98. The number of hydrogen-bond acceptors (Lipinski definition) is 8. The first kappa shape index (κ1) is 25.6. The molecule has 1 aliphatic heterocycles. The number of halogens is 3. The summed E-state index contributed by atoms with van der Waals surface area (Å²) in [5.41, 5.74) is -1.08. The smallest absolute Gasteiger partial charge is 0.387 e. The van der Waals surface area contributed by atoms with Crippen LogP contribution in [0.3, 0.4) is 0 Å². The lowest BCUT2D eigenvalue weighted by molar-refractivity contribution is -0.0488. The van der Waals surface area contributed by atoms with Crippen LogP contribution in [-0.2, 0) is 7.05 Å². The lowest BCUT2D eigenvalue weighted by atomic mass is 10.1. The third kappa shape index (κ3) is 4.57. The van der Waals surface area contributed by atoms with Crippen molar-refractivity contribution in [3.8, 4) is 11.5 Å². The van der Waals surface area contributed by atoms with Gasteiger partial charge in [0.2, 0.25) is 5.43 Å². The summed E-state index contributed by atoms with van der Waals surface area (Å²) < 4.78 is 54.8. The van der Waals surface area contributed by atoms with Gasteiger partial charge in [-0.05, 0) is 30.7 Å². The number of aryl methyl sites for hydroxylation is 1. The van der Waals surface area contributed by atoms with Gasteiger partial charge in [-0.3, -0.25) is 4.79 Å². The average molecular weight is 549 g/mol. The summed E-state index contributed by atoms with van der Waals surface area (Å²) in [6.07, 6.45) is 1.58. The van der Waals surface area contributed by atoms with Gasteiger partial charge in [0.25, 0.3) is 0 Å². The highest BCUT2D eigenvalue weighted by Gasteiger charge is 2.29. The number of carbonyl (C=O) groups is 1. The van der Waals surface area contributed by atoms with E-state index >= 15 is 4.39 Å². The molecule has 5 rings (SSSR count). The maximum Gasteiger partial charge on any atom is 0.387 e. The van der Waals surface area contributed by atoms with Gasteiger partial charge in [-0.15, -0.1) is 0 Å². The van der Waals surface area contributed by atoms with E-state index in [1.165, 1.54) is 23.0 Å². The Morgan fingerprint density at radius 3 is 2.61 bits per heavy atom. The van der Waals surface area contributed by atoms with E-state index in [9.17, 15) is 23.5 Å². The number of methoxy groups -OCH3 is 1.